The van der Waals surface area contributed by atoms with E-state index in [1.165, 1.54) is 12.1 Å². The Morgan fingerprint density at radius 2 is 2.00 bits per heavy atom. The molecule has 1 aromatic rings. The van der Waals surface area contributed by atoms with Crippen molar-refractivity contribution in [3.8, 4) is 0 Å². The van der Waals surface area contributed by atoms with E-state index in [4.69, 9.17) is 4.74 Å². The number of nitrogens with one attached hydrogen (secondary N) is 1. The smallest absolute Gasteiger partial charge is 0.228 e. The van der Waals surface area contributed by atoms with Gasteiger partial charge >= 0.3 is 0 Å². The summed E-state index contributed by atoms with van der Waals surface area (Å²) >= 11 is 0. The van der Waals surface area contributed by atoms with Gasteiger partial charge in [0, 0.05) is 12.6 Å². The van der Waals surface area contributed by atoms with Crippen molar-refractivity contribution in [1.82, 2.24) is 5.32 Å². The summed E-state index contributed by atoms with van der Waals surface area (Å²) in [5.74, 6) is 0.394. The highest BCUT2D eigenvalue weighted by Gasteiger charge is 2.51. The Morgan fingerprint density at radius 3 is 2.57 bits per heavy atom. The van der Waals surface area contributed by atoms with Gasteiger partial charge in [-0.3, -0.25) is 4.79 Å². The van der Waals surface area contributed by atoms with E-state index in [0.29, 0.717) is 19.1 Å². The molecule has 21 heavy (non-hydrogen) atoms. The van der Waals surface area contributed by atoms with E-state index in [1.807, 2.05) is 19.1 Å². The molecule has 3 rings (SSSR count). The molecule has 0 aromatic heterocycles. The van der Waals surface area contributed by atoms with Crippen LogP contribution in [0, 0.1) is 11.2 Å². The van der Waals surface area contributed by atoms with Gasteiger partial charge in [0.1, 0.15) is 5.82 Å². The molecular formula is C17H22FNO2. The van der Waals surface area contributed by atoms with Crippen LogP contribution in [0.5, 0.6) is 0 Å². The summed E-state index contributed by atoms with van der Waals surface area (Å²) in [7, 11) is 0. The van der Waals surface area contributed by atoms with Crippen LogP contribution < -0.4 is 5.32 Å². The molecule has 0 atom stereocenters. The SMILES string of the molecule is CCOCC1(C(=O)NC2CC(c3ccc(F)cc3)C2)CC1. The average Bonchev–Trinajstić information content (AvgIpc) is 3.22. The molecule has 2 saturated carbocycles. The van der Waals surface area contributed by atoms with Gasteiger partial charge in [0.15, 0.2) is 0 Å². The number of ether oxygens (including phenoxy) is 1. The first kappa shape index (κ1) is 14.5. The Bertz CT molecular complexity index is 504. The van der Waals surface area contributed by atoms with E-state index < -0.39 is 0 Å². The summed E-state index contributed by atoms with van der Waals surface area (Å²) in [6.07, 6.45) is 3.77. The number of carbonyl (C=O) groups excluding carboxylic acids is 1. The van der Waals surface area contributed by atoms with Gasteiger partial charge in [-0.2, -0.15) is 0 Å². The standard InChI is InChI=1S/C17H22FNO2/c1-2-21-11-17(7-8-17)16(20)19-15-9-13(10-15)12-3-5-14(18)6-4-12/h3-6,13,15H,2,7-11H2,1H3,(H,19,20). The summed E-state index contributed by atoms with van der Waals surface area (Å²) in [4.78, 5) is 12.3. The highest BCUT2D eigenvalue weighted by molar-refractivity contribution is 5.85. The summed E-state index contributed by atoms with van der Waals surface area (Å²) in [5.41, 5.74) is 0.911. The number of benzene rings is 1. The first-order valence-electron chi connectivity index (χ1n) is 7.77. The molecule has 0 saturated heterocycles. The van der Waals surface area contributed by atoms with E-state index in [0.717, 1.165) is 31.2 Å². The van der Waals surface area contributed by atoms with Gasteiger partial charge in [-0.15, -0.1) is 0 Å². The third-order valence-corrected chi connectivity index (χ3v) is 4.73. The molecule has 0 radical (unpaired) electrons. The number of hydrogen-bond donors (Lipinski definition) is 1. The second-order valence-electron chi connectivity index (χ2n) is 6.31. The van der Waals surface area contributed by atoms with Crippen molar-refractivity contribution in [2.45, 2.75) is 44.6 Å². The molecule has 1 aromatic carbocycles. The average molecular weight is 291 g/mol. The zero-order chi connectivity index (χ0) is 14.9. The normalized spacial score (nSPS) is 26.0. The number of carbonyl (C=O) groups is 1. The van der Waals surface area contributed by atoms with Crippen molar-refractivity contribution in [2.24, 2.45) is 5.41 Å². The van der Waals surface area contributed by atoms with Gasteiger partial charge in [-0.1, -0.05) is 12.1 Å². The number of halogens is 1. The van der Waals surface area contributed by atoms with Crippen molar-refractivity contribution in [3.05, 3.63) is 35.6 Å². The number of rotatable bonds is 6. The lowest BCUT2D eigenvalue weighted by atomic mass is 9.75. The van der Waals surface area contributed by atoms with Crippen molar-refractivity contribution in [2.75, 3.05) is 13.2 Å². The van der Waals surface area contributed by atoms with E-state index in [2.05, 4.69) is 5.32 Å². The minimum Gasteiger partial charge on any atom is -0.381 e. The largest absolute Gasteiger partial charge is 0.381 e. The first-order chi connectivity index (χ1) is 10.1. The molecule has 3 nitrogen and oxygen atoms in total. The summed E-state index contributed by atoms with van der Waals surface area (Å²) in [5, 5.41) is 3.15. The van der Waals surface area contributed by atoms with Crippen LogP contribution >= 0.6 is 0 Å². The Kier molecular flexibility index (Phi) is 3.98. The van der Waals surface area contributed by atoms with Crippen molar-refractivity contribution in [3.63, 3.8) is 0 Å². The van der Waals surface area contributed by atoms with Crippen LogP contribution in [0.4, 0.5) is 4.39 Å². The third-order valence-electron chi connectivity index (χ3n) is 4.73. The second-order valence-corrected chi connectivity index (χ2v) is 6.31. The molecule has 2 aliphatic rings. The highest BCUT2D eigenvalue weighted by atomic mass is 19.1. The van der Waals surface area contributed by atoms with Crippen LogP contribution in [0.1, 0.15) is 44.1 Å². The lowest BCUT2D eigenvalue weighted by molar-refractivity contribution is -0.130. The number of hydrogen-bond acceptors (Lipinski definition) is 2. The Morgan fingerprint density at radius 1 is 1.33 bits per heavy atom. The molecule has 114 valence electrons. The first-order valence-corrected chi connectivity index (χ1v) is 7.77. The minimum absolute atomic E-state index is 0.151. The molecule has 2 fully saturated rings. The lowest BCUT2D eigenvalue weighted by Gasteiger charge is -2.37. The van der Waals surface area contributed by atoms with E-state index in [1.54, 1.807) is 0 Å². The Balaban J connectivity index is 1.46. The van der Waals surface area contributed by atoms with Crippen LogP contribution in [0.2, 0.25) is 0 Å². The molecule has 1 amide bonds. The fourth-order valence-corrected chi connectivity index (χ4v) is 2.97. The molecule has 0 aliphatic heterocycles. The Hall–Kier alpha value is -1.42. The molecule has 1 N–H and O–H groups in total. The monoisotopic (exact) mass is 291 g/mol. The predicted octanol–water partition coefficient (Wildman–Crippen LogP) is 3.00. The van der Waals surface area contributed by atoms with Crippen LogP contribution in [0.3, 0.4) is 0 Å². The molecule has 0 bridgehead atoms. The number of amides is 1. The molecule has 2 aliphatic carbocycles. The quantitative estimate of drug-likeness (QED) is 0.875. The van der Waals surface area contributed by atoms with E-state index in [-0.39, 0.29) is 23.2 Å². The third kappa shape index (κ3) is 3.10. The molecular weight excluding hydrogens is 269 g/mol. The molecule has 0 spiro atoms. The van der Waals surface area contributed by atoms with Crippen LogP contribution in [-0.4, -0.2) is 25.2 Å². The second kappa shape index (κ2) is 5.76. The van der Waals surface area contributed by atoms with E-state index >= 15 is 0 Å². The zero-order valence-corrected chi connectivity index (χ0v) is 12.4. The fourth-order valence-electron chi connectivity index (χ4n) is 2.97. The van der Waals surface area contributed by atoms with Gasteiger partial charge in [0.2, 0.25) is 5.91 Å². The van der Waals surface area contributed by atoms with E-state index in [9.17, 15) is 9.18 Å². The van der Waals surface area contributed by atoms with Gasteiger partial charge < -0.3 is 10.1 Å². The summed E-state index contributed by atoms with van der Waals surface area (Å²) in [6, 6.07) is 6.95. The Labute approximate surface area is 124 Å². The van der Waals surface area contributed by atoms with Crippen molar-refractivity contribution in [1.29, 1.82) is 0 Å². The highest BCUT2D eigenvalue weighted by Crippen LogP contribution is 2.47. The zero-order valence-electron chi connectivity index (χ0n) is 12.4. The fraction of sp³-hybridized carbons (Fsp3) is 0.588. The molecule has 0 unspecified atom stereocenters. The maximum Gasteiger partial charge on any atom is 0.228 e. The van der Waals surface area contributed by atoms with Gasteiger partial charge in [-0.25, -0.2) is 4.39 Å². The minimum atomic E-state index is -0.253. The molecule has 0 heterocycles. The van der Waals surface area contributed by atoms with Crippen molar-refractivity contribution < 1.29 is 13.9 Å². The summed E-state index contributed by atoms with van der Waals surface area (Å²) < 4.78 is 18.3. The topological polar surface area (TPSA) is 38.3 Å². The van der Waals surface area contributed by atoms with Crippen LogP contribution in [0.15, 0.2) is 24.3 Å². The van der Waals surface area contributed by atoms with Gasteiger partial charge in [-0.05, 0) is 56.2 Å². The summed E-state index contributed by atoms with van der Waals surface area (Å²) in [6.45, 7) is 3.15. The molecule has 4 heteroatoms. The maximum atomic E-state index is 12.9. The maximum absolute atomic E-state index is 12.9. The lowest BCUT2D eigenvalue weighted by Crippen LogP contribution is -2.47. The predicted molar refractivity (Wildman–Crippen MR) is 78.5 cm³/mol. The van der Waals surface area contributed by atoms with Crippen molar-refractivity contribution >= 4 is 5.91 Å². The van der Waals surface area contributed by atoms with Gasteiger partial charge in [0.25, 0.3) is 0 Å². The van der Waals surface area contributed by atoms with Crippen LogP contribution in [0.25, 0.3) is 0 Å². The van der Waals surface area contributed by atoms with Gasteiger partial charge in [0.05, 0.1) is 12.0 Å². The van der Waals surface area contributed by atoms with Crippen LogP contribution in [-0.2, 0) is 9.53 Å².